The molecule has 0 unspecified atom stereocenters. The fourth-order valence-corrected chi connectivity index (χ4v) is 2.46. The quantitative estimate of drug-likeness (QED) is 0.871. The van der Waals surface area contributed by atoms with Crippen LogP contribution in [0.25, 0.3) is 0 Å². The predicted octanol–water partition coefficient (Wildman–Crippen LogP) is 3.60. The van der Waals surface area contributed by atoms with E-state index in [0.717, 1.165) is 24.0 Å². The maximum atomic E-state index is 12.0. The van der Waals surface area contributed by atoms with Gasteiger partial charge in [0.25, 0.3) is 0 Å². The van der Waals surface area contributed by atoms with Gasteiger partial charge in [-0.25, -0.2) is 4.79 Å². The zero-order chi connectivity index (χ0) is 16.3. The second kappa shape index (κ2) is 6.38. The molecule has 1 saturated carbocycles. The molecule has 0 saturated heterocycles. The molecule has 0 bridgehead atoms. The summed E-state index contributed by atoms with van der Waals surface area (Å²) in [4.78, 5) is 23.1. The molecule has 120 valence electrons. The highest BCUT2D eigenvalue weighted by Gasteiger charge is 2.30. The first-order valence-corrected chi connectivity index (χ1v) is 7.56. The number of ether oxygens (including phenoxy) is 1. The van der Waals surface area contributed by atoms with Crippen molar-refractivity contribution < 1.29 is 19.4 Å². The van der Waals surface area contributed by atoms with Crippen LogP contribution in [0.3, 0.4) is 0 Å². The maximum absolute atomic E-state index is 12.0. The Balaban J connectivity index is 2.19. The molecule has 2 N–H and O–H groups in total. The van der Waals surface area contributed by atoms with Gasteiger partial charge in [0.2, 0.25) is 0 Å². The van der Waals surface area contributed by atoms with Crippen LogP contribution in [0.4, 0.5) is 4.79 Å². The summed E-state index contributed by atoms with van der Waals surface area (Å²) in [6.07, 6.45) is 1.47. The van der Waals surface area contributed by atoms with Crippen molar-refractivity contribution in [1.29, 1.82) is 0 Å². The fraction of sp³-hybridized carbons (Fsp3) is 0.529. The molecule has 5 heteroatoms. The summed E-state index contributed by atoms with van der Waals surface area (Å²) in [7, 11) is 0. The van der Waals surface area contributed by atoms with Crippen LogP contribution in [0.5, 0.6) is 0 Å². The molecule has 1 aromatic rings. The lowest BCUT2D eigenvalue weighted by Crippen LogP contribution is -2.36. The van der Waals surface area contributed by atoms with E-state index in [1.54, 1.807) is 20.8 Å². The lowest BCUT2D eigenvalue weighted by molar-refractivity contribution is -0.137. The number of carboxylic acids is 1. The Morgan fingerprint density at radius 1 is 1.32 bits per heavy atom. The van der Waals surface area contributed by atoms with E-state index in [0.29, 0.717) is 5.92 Å². The first-order valence-electron chi connectivity index (χ1n) is 7.56. The van der Waals surface area contributed by atoms with Crippen LogP contribution in [0.1, 0.15) is 63.1 Å². The standard InChI is InChI=1S/C17H23NO4/c1-17(2,3)22-16(21)18-14(10-15(19)20)13-7-5-4-6-12(13)11-8-9-11/h4-7,11,14H,8-10H2,1-3H3,(H,18,21)(H,19,20)/t14-/m0/s1. The SMILES string of the molecule is CC(C)(C)OC(=O)N[C@@H](CC(=O)O)c1ccccc1C1CC1. The van der Waals surface area contributed by atoms with Crippen molar-refractivity contribution in [3.63, 3.8) is 0 Å². The molecule has 0 heterocycles. The summed E-state index contributed by atoms with van der Waals surface area (Å²) in [6, 6.07) is 7.14. The van der Waals surface area contributed by atoms with Crippen LogP contribution in [0, 0.1) is 0 Å². The summed E-state index contributed by atoms with van der Waals surface area (Å²) >= 11 is 0. The van der Waals surface area contributed by atoms with Crippen molar-refractivity contribution in [2.75, 3.05) is 0 Å². The first-order chi connectivity index (χ1) is 10.3. The smallest absolute Gasteiger partial charge is 0.408 e. The number of amides is 1. The van der Waals surface area contributed by atoms with E-state index in [4.69, 9.17) is 9.84 Å². The van der Waals surface area contributed by atoms with Gasteiger partial charge in [0, 0.05) is 0 Å². The summed E-state index contributed by atoms with van der Waals surface area (Å²) in [5.41, 5.74) is 1.39. The first kappa shape index (κ1) is 16.3. The lowest BCUT2D eigenvalue weighted by Gasteiger charge is -2.24. The summed E-state index contributed by atoms with van der Waals surface area (Å²) in [5.74, 6) is -0.473. The lowest BCUT2D eigenvalue weighted by atomic mass is 9.95. The molecule has 1 aliphatic rings. The number of hydrogen-bond donors (Lipinski definition) is 2. The predicted molar refractivity (Wildman–Crippen MR) is 82.8 cm³/mol. The summed E-state index contributed by atoms with van der Waals surface area (Å²) in [5, 5.41) is 11.8. The largest absolute Gasteiger partial charge is 0.481 e. The van der Waals surface area contributed by atoms with E-state index < -0.39 is 23.7 Å². The molecule has 1 aliphatic carbocycles. The van der Waals surface area contributed by atoms with Crippen molar-refractivity contribution in [3.05, 3.63) is 35.4 Å². The van der Waals surface area contributed by atoms with E-state index >= 15 is 0 Å². The molecule has 22 heavy (non-hydrogen) atoms. The van der Waals surface area contributed by atoms with Crippen molar-refractivity contribution in [2.24, 2.45) is 0 Å². The van der Waals surface area contributed by atoms with E-state index in [-0.39, 0.29) is 6.42 Å². The van der Waals surface area contributed by atoms with E-state index in [2.05, 4.69) is 5.32 Å². The highest BCUT2D eigenvalue weighted by Crippen LogP contribution is 2.43. The number of benzene rings is 1. The normalized spacial score (nSPS) is 16.0. The number of aliphatic carboxylic acids is 1. The Morgan fingerprint density at radius 3 is 2.50 bits per heavy atom. The number of carbonyl (C=O) groups excluding carboxylic acids is 1. The van der Waals surface area contributed by atoms with Crippen LogP contribution in [0.2, 0.25) is 0 Å². The molecule has 1 atom stereocenters. The zero-order valence-electron chi connectivity index (χ0n) is 13.3. The number of hydrogen-bond acceptors (Lipinski definition) is 3. The van der Waals surface area contributed by atoms with Gasteiger partial charge in [-0.1, -0.05) is 24.3 Å². The summed E-state index contributed by atoms with van der Waals surface area (Å²) in [6.45, 7) is 5.32. The molecule has 0 spiro atoms. The molecular weight excluding hydrogens is 282 g/mol. The molecule has 1 fully saturated rings. The van der Waals surface area contributed by atoms with Crippen molar-refractivity contribution in [2.45, 2.75) is 57.6 Å². The van der Waals surface area contributed by atoms with Crippen LogP contribution in [0.15, 0.2) is 24.3 Å². The molecule has 0 aliphatic heterocycles. The van der Waals surface area contributed by atoms with E-state index in [1.807, 2.05) is 24.3 Å². The zero-order valence-corrected chi connectivity index (χ0v) is 13.3. The molecule has 5 nitrogen and oxygen atoms in total. The minimum absolute atomic E-state index is 0.164. The van der Waals surface area contributed by atoms with Gasteiger partial charge in [0.05, 0.1) is 12.5 Å². The van der Waals surface area contributed by atoms with Crippen LogP contribution < -0.4 is 5.32 Å². The monoisotopic (exact) mass is 305 g/mol. The number of rotatable bonds is 5. The van der Waals surface area contributed by atoms with Gasteiger partial charge in [-0.2, -0.15) is 0 Å². The molecular formula is C17H23NO4. The van der Waals surface area contributed by atoms with Crippen molar-refractivity contribution >= 4 is 12.1 Å². The Bertz CT molecular complexity index is 558. The topological polar surface area (TPSA) is 75.6 Å². The molecule has 0 aromatic heterocycles. The fourth-order valence-electron chi connectivity index (χ4n) is 2.46. The van der Waals surface area contributed by atoms with Gasteiger partial charge in [-0.05, 0) is 50.7 Å². The number of alkyl carbamates (subject to hydrolysis) is 1. The Kier molecular flexibility index (Phi) is 4.74. The van der Waals surface area contributed by atoms with Gasteiger partial charge >= 0.3 is 12.1 Å². The van der Waals surface area contributed by atoms with Gasteiger partial charge < -0.3 is 15.2 Å². The Morgan fingerprint density at radius 2 is 1.95 bits per heavy atom. The van der Waals surface area contributed by atoms with Crippen molar-refractivity contribution in [3.8, 4) is 0 Å². The summed E-state index contributed by atoms with van der Waals surface area (Å²) < 4.78 is 5.24. The average molecular weight is 305 g/mol. The number of nitrogens with one attached hydrogen (secondary N) is 1. The third-order valence-electron chi connectivity index (χ3n) is 3.46. The van der Waals surface area contributed by atoms with Gasteiger partial charge in [-0.3, -0.25) is 4.79 Å². The van der Waals surface area contributed by atoms with Crippen molar-refractivity contribution in [1.82, 2.24) is 5.32 Å². The van der Waals surface area contributed by atoms with E-state index in [9.17, 15) is 9.59 Å². The Hall–Kier alpha value is -2.04. The maximum Gasteiger partial charge on any atom is 0.408 e. The molecule has 1 amide bonds. The van der Waals surface area contributed by atoms with Gasteiger partial charge in [-0.15, -0.1) is 0 Å². The highest BCUT2D eigenvalue weighted by molar-refractivity contribution is 5.72. The second-order valence-corrected chi connectivity index (χ2v) is 6.70. The highest BCUT2D eigenvalue weighted by atomic mass is 16.6. The Labute approximate surface area is 130 Å². The van der Waals surface area contributed by atoms with Crippen LogP contribution >= 0.6 is 0 Å². The third-order valence-corrected chi connectivity index (χ3v) is 3.46. The minimum atomic E-state index is -0.952. The minimum Gasteiger partial charge on any atom is -0.481 e. The average Bonchev–Trinajstić information content (AvgIpc) is 3.19. The van der Waals surface area contributed by atoms with E-state index in [1.165, 1.54) is 0 Å². The number of carboxylic acid groups (broad SMARTS) is 1. The molecule has 1 aromatic carbocycles. The van der Waals surface area contributed by atoms with Crippen LogP contribution in [-0.4, -0.2) is 22.8 Å². The van der Waals surface area contributed by atoms with Crippen LogP contribution in [-0.2, 0) is 9.53 Å². The van der Waals surface area contributed by atoms with Gasteiger partial charge in [0.1, 0.15) is 5.60 Å². The third kappa shape index (κ3) is 4.76. The second-order valence-electron chi connectivity index (χ2n) is 6.70. The van der Waals surface area contributed by atoms with Gasteiger partial charge in [0.15, 0.2) is 0 Å². The molecule has 0 radical (unpaired) electrons. The number of carbonyl (C=O) groups is 2. The molecule has 2 rings (SSSR count).